The van der Waals surface area contributed by atoms with Crippen LogP contribution in [0.15, 0.2) is 24.3 Å². The summed E-state index contributed by atoms with van der Waals surface area (Å²) in [5.74, 6) is -0.239. The van der Waals surface area contributed by atoms with Crippen molar-refractivity contribution in [2.24, 2.45) is 5.92 Å². The van der Waals surface area contributed by atoms with E-state index in [9.17, 15) is 9.59 Å². The molecule has 0 radical (unpaired) electrons. The second-order valence-electron chi connectivity index (χ2n) is 8.68. The first-order chi connectivity index (χ1) is 13.7. The van der Waals surface area contributed by atoms with Crippen molar-refractivity contribution in [2.75, 3.05) is 6.54 Å². The van der Waals surface area contributed by atoms with Crippen molar-refractivity contribution >= 4 is 11.9 Å². The van der Waals surface area contributed by atoms with E-state index in [1.165, 1.54) is 5.56 Å². The number of carboxylic acid groups (broad SMARTS) is 1. The van der Waals surface area contributed by atoms with Gasteiger partial charge in [-0.05, 0) is 42.2 Å². The Balaban J connectivity index is 1.57. The number of rotatable bonds is 8. The van der Waals surface area contributed by atoms with Crippen molar-refractivity contribution in [3.63, 3.8) is 0 Å². The molecular weight excluding hydrogens is 366 g/mol. The second kappa shape index (κ2) is 8.49. The van der Waals surface area contributed by atoms with Crippen molar-refractivity contribution in [1.29, 1.82) is 0 Å². The first-order valence-electron chi connectivity index (χ1n) is 10.3. The van der Waals surface area contributed by atoms with E-state index < -0.39 is 5.97 Å². The fourth-order valence-electron chi connectivity index (χ4n) is 4.21. The number of benzene rings is 1. The Morgan fingerprint density at radius 3 is 2.52 bits per heavy atom. The lowest BCUT2D eigenvalue weighted by atomic mass is 9.79. The summed E-state index contributed by atoms with van der Waals surface area (Å²) in [6, 6.07) is 8.11. The molecule has 0 aliphatic heterocycles. The number of nitrogens with one attached hydrogen (secondary N) is 1. The van der Waals surface area contributed by atoms with Crippen LogP contribution in [0.25, 0.3) is 0 Å². The smallest absolute Gasteiger partial charge is 0.304 e. The average Bonchev–Trinajstić information content (AvgIpc) is 3.12. The van der Waals surface area contributed by atoms with Crippen molar-refractivity contribution < 1.29 is 14.7 Å². The predicted molar refractivity (Wildman–Crippen MR) is 112 cm³/mol. The highest BCUT2D eigenvalue weighted by molar-refractivity contribution is 5.79. The fraction of sp³-hybridized carbons (Fsp3) is 0.522. The van der Waals surface area contributed by atoms with Crippen molar-refractivity contribution in [3.05, 3.63) is 52.3 Å². The third-order valence-corrected chi connectivity index (χ3v) is 6.26. The minimum absolute atomic E-state index is 0.0543. The zero-order valence-electron chi connectivity index (χ0n) is 17.8. The Morgan fingerprint density at radius 1 is 1.21 bits per heavy atom. The first-order valence-corrected chi connectivity index (χ1v) is 10.3. The molecule has 1 atom stereocenters. The van der Waals surface area contributed by atoms with Gasteiger partial charge < -0.3 is 10.4 Å². The highest BCUT2D eigenvalue weighted by Gasteiger charge is 2.41. The van der Waals surface area contributed by atoms with E-state index in [2.05, 4.69) is 31.2 Å². The zero-order valence-corrected chi connectivity index (χ0v) is 17.8. The number of aliphatic carboxylic acids is 1. The first kappa shape index (κ1) is 21.2. The maximum absolute atomic E-state index is 12.8. The molecule has 3 rings (SSSR count). The predicted octanol–water partition coefficient (Wildman–Crippen LogP) is 3.50. The van der Waals surface area contributed by atoms with Gasteiger partial charge in [0.2, 0.25) is 5.91 Å². The average molecular weight is 398 g/mol. The fourth-order valence-corrected chi connectivity index (χ4v) is 4.21. The van der Waals surface area contributed by atoms with Gasteiger partial charge in [0, 0.05) is 25.1 Å². The largest absolute Gasteiger partial charge is 0.481 e. The summed E-state index contributed by atoms with van der Waals surface area (Å²) >= 11 is 0. The van der Waals surface area contributed by atoms with Crippen molar-refractivity contribution in [1.82, 2.24) is 15.1 Å². The Hall–Kier alpha value is -2.47. The van der Waals surface area contributed by atoms with E-state index in [0.29, 0.717) is 31.8 Å². The SMILES string of the molecule is Cc1nn(C(=O)CCc2ccc(CNCCC(=O)O)cc2)c2c1C(C)(C)C(C)C2. The monoisotopic (exact) mass is 397 g/mol. The van der Waals surface area contributed by atoms with E-state index in [1.54, 1.807) is 4.68 Å². The molecule has 1 aliphatic carbocycles. The quantitative estimate of drug-likeness (QED) is 0.666. The minimum atomic E-state index is -0.798. The van der Waals surface area contributed by atoms with Crippen LogP contribution < -0.4 is 5.32 Å². The number of aryl methyl sites for hydroxylation is 2. The van der Waals surface area contributed by atoms with E-state index in [1.807, 2.05) is 31.2 Å². The molecule has 0 amide bonds. The van der Waals surface area contributed by atoms with Gasteiger partial charge in [0.15, 0.2) is 0 Å². The van der Waals surface area contributed by atoms with Gasteiger partial charge >= 0.3 is 5.97 Å². The van der Waals surface area contributed by atoms with Crippen LogP contribution in [0.1, 0.15) is 66.5 Å². The van der Waals surface area contributed by atoms with E-state index in [4.69, 9.17) is 5.11 Å². The Kier molecular flexibility index (Phi) is 6.22. The Bertz CT molecular complexity index is 897. The van der Waals surface area contributed by atoms with E-state index in [0.717, 1.165) is 28.9 Å². The van der Waals surface area contributed by atoms with Crippen LogP contribution in [-0.2, 0) is 29.6 Å². The minimum Gasteiger partial charge on any atom is -0.481 e. The molecule has 1 aliphatic rings. The van der Waals surface area contributed by atoms with Crippen LogP contribution in [0.4, 0.5) is 0 Å². The molecular formula is C23H31N3O3. The molecule has 29 heavy (non-hydrogen) atoms. The van der Waals surface area contributed by atoms with Crippen LogP contribution in [0.3, 0.4) is 0 Å². The second-order valence-corrected chi connectivity index (χ2v) is 8.68. The molecule has 1 aromatic carbocycles. The van der Waals surface area contributed by atoms with Gasteiger partial charge in [-0.3, -0.25) is 9.59 Å². The molecule has 2 N–H and O–H groups in total. The van der Waals surface area contributed by atoms with Gasteiger partial charge in [-0.15, -0.1) is 0 Å². The molecule has 6 heteroatoms. The topological polar surface area (TPSA) is 84.2 Å². The molecule has 0 fully saturated rings. The maximum Gasteiger partial charge on any atom is 0.304 e. The molecule has 2 aromatic rings. The Labute approximate surface area is 172 Å². The number of carboxylic acids is 1. The molecule has 0 spiro atoms. The number of fused-ring (bicyclic) bond motifs is 1. The molecule has 1 unspecified atom stereocenters. The molecule has 156 valence electrons. The van der Waals surface area contributed by atoms with Gasteiger partial charge in [0.1, 0.15) is 0 Å². The number of carbonyl (C=O) groups is 2. The zero-order chi connectivity index (χ0) is 21.2. The third-order valence-electron chi connectivity index (χ3n) is 6.26. The summed E-state index contributed by atoms with van der Waals surface area (Å²) in [4.78, 5) is 23.4. The summed E-state index contributed by atoms with van der Waals surface area (Å²) in [5.41, 5.74) is 5.59. The number of nitrogens with zero attached hydrogens (tertiary/aromatic N) is 2. The van der Waals surface area contributed by atoms with Crippen LogP contribution in [0.5, 0.6) is 0 Å². The number of aromatic nitrogens is 2. The molecule has 1 heterocycles. The number of carbonyl (C=O) groups excluding carboxylic acids is 1. The summed E-state index contributed by atoms with van der Waals surface area (Å²) in [6.07, 6.45) is 2.13. The van der Waals surface area contributed by atoms with Crippen molar-refractivity contribution in [2.45, 2.75) is 65.3 Å². The van der Waals surface area contributed by atoms with Crippen LogP contribution in [0.2, 0.25) is 0 Å². The summed E-state index contributed by atoms with van der Waals surface area (Å²) < 4.78 is 1.65. The summed E-state index contributed by atoms with van der Waals surface area (Å²) in [5, 5.41) is 16.3. The molecule has 1 aromatic heterocycles. The van der Waals surface area contributed by atoms with Gasteiger partial charge in [-0.1, -0.05) is 45.0 Å². The van der Waals surface area contributed by atoms with Gasteiger partial charge in [0.25, 0.3) is 0 Å². The lowest BCUT2D eigenvalue weighted by Crippen LogP contribution is -2.22. The number of hydrogen-bond acceptors (Lipinski definition) is 4. The summed E-state index contributed by atoms with van der Waals surface area (Å²) in [7, 11) is 0. The van der Waals surface area contributed by atoms with Gasteiger partial charge in [-0.2, -0.15) is 5.10 Å². The van der Waals surface area contributed by atoms with Gasteiger partial charge in [0.05, 0.1) is 17.8 Å². The van der Waals surface area contributed by atoms with E-state index >= 15 is 0 Å². The third kappa shape index (κ3) is 4.58. The normalized spacial score (nSPS) is 17.3. The molecule has 0 saturated heterocycles. The maximum atomic E-state index is 12.8. The van der Waals surface area contributed by atoms with E-state index in [-0.39, 0.29) is 17.7 Å². The number of hydrogen-bond donors (Lipinski definition) is 2. The summed E-state index contributed by atoms with van der Waals surface area (Å²) in [6.45, 7) is 9.82. The van der Waals surface area contributed by atoms with Crippen LogP contribution >= 0.6 is 0 Å². The van der Waals surface area contributed by atoms with Crippen LogP contribution in [0, 0.1) is 12.8 Å². The Morgan fingerprint density at radius 2 is 1.86 bits per heavy atom. The molecule has 0 saturated carbocycles. The highest BCUT2D eigenvalue weighted by Crippen LogP contribution is 2.44. The highest BCUT2D eigenvalue weighted by atomic mass is 16.4. The molecule has 0 bridgehead atoms. The lowest BCUT2D eigenvalue weighted by Gasteiger charge is -2.24. The van der Waals surface area contributed by atoms with Gasteiger partial charge in [-0.25, -0.2) is 4.68 Å². The van der Waals surface area contributed by atoms with Crippen LogP contribution in [-0.4, -0.2) is 33.3 Å². The standard InChI is InChI=1S/C23H31N3O3/c1-15-13-19-22(23(15,3)4)16(2)25-26(19)20(27)10-9-17-5-7-18(8-6-17)14-24-12-11-21(28)29/h5-8,15,24H,9-14H2,1-4H3,(H,28,29). The lowest BCUT2D eigenvalue weighted by molar-refractivity contribution is -0.136. The van der Waals surface area contributed by atoms with Crippen molar-refractivity contribution in [3.8, 4) is 0 Å². The molecule has 6 nitrogen and oxygen atoms in total.